The second-order valence-electron chi connectivity index (χ2n) is 5.21. The van der Waals surface area contributed by atoms with E-state index in [2.05, 4.69) is 0 Å². The predicted octanol–water partition coefficient (Wildman–Crippen LogP) is 3.57. The highest BCUT2D eigenvalue weighted by atomic mass is 31.2. The Morgan fingerprint density at radius 2 is 1.67 bits per heavy atom. The van der Waals surface area contributed by atoms with Gasteiger partial charge in [0.2, 0.25) is 0 Å². The van der Waals surface area contributed by atoms with E-state index in [1.165, 1.54) is 13.8 Å². The zero-order chi connectivity index (χ0) is 16.5. The first-order valence-electron chi connectivity index (χ1n) is 7.11. The maximum absolute atomic E-state index is 13.1. The zero-order valence-corrected chi connectivity index (χ0v) is 15.3. The third-order valence-corrected chi connectivity index (χ3v) is 9.54. The van der Waals surface area contributed by atoms with Crippen molar-refractivity contribution in [2.45, 2.75) is 52.2 Å². The minimum atomic E-state index is -3.87. The van der Waals surface area contributed by atoms with Crippen molar-refractivity contribution in [2.24, 2.45) is 5.92 Å². The molecule has 0 amide bonds. The summed E-state index contributed by atoms with van der Waals surface area (Å²) in [5.41, 5.74) is 0. The van der Waals surface area contributed by atoms with E-state index in [1.807, 2.05) is 0 Å². The Hall–Kier alpha value is 0.260. The smallest absolute Gasteiger partial charge is 0.363 e. The van der Waals surface area contributed by atoms with Gasteiger partial charge < -0.3 is 18.7 Å². The van der Waals surface area contributed by atoms with Crippen molar-refractivity contribution in [3.63, 3.8) is 0 Å². The molecule has 1 heterocycles. The Balaban J connectivity index is 3.34. The van der Waals surface area contributed by atoms with Gasteiger partial charge in [0.05, 0.1) is 19.8 Å². The van der Waals surface area contributed by atoms with Crippen LogP contribution in [-0.4, -0.2) is 35.6 Å². The lowest BCUT2D eigenvalue weighted by Crippen LogP contribution is -2.39. The van der Waals surface area contributed by atoms with Crippen LogP contribution in [0.1, 0.15) is 41.5 Å². The lowest BCUT2D eigenvalue weighted by Gasteiger charge is -2.35. The monoisotopic (exact) mass is 344 g/mol. The molecule has 0 aliphatic carbocycles. The number of hydrogen-bond acceptors (Lipinski definition) is 7. The third kappa shape index (κ3) is 2.90. The van der Waals surface area contributed by atoms with Gasteiger partial charge in [0.1, 0.15) is 0 Å². The van der Waals surface area contributed by atoms with Crippen LogP contribution in [0.2, 0.25) is 0 Å². The van der Waals surface area contributed by atoms with Gasteiger partial charge in [-0.1, -0.05) is 6.92 Å². The molecule has 1 N–H and O–H groups in total. The summed E-state index contributed by atoms with van der Waals surface area (Å²) in [6, 6.07) is 0. The summed E-state index contributed by atoms with van der Waals surface area (Å²) in [5, 5.41) is 7.28. The first-order chi connectivity index (χ1) is 9.54. The van der Waals surface area contributed by atoms with E-state index in [1.54, 1.807) is 27.7 Å². The summed E-state index contributed by atoms with van der Waals surface area (Å²) < 4.78 is 47.2. The van der Waals surface area contributed by atoms with E-state index in [9.17, 15) is 14.2 Å². The molecule has 1 aliphatic rings. The van der Waals surface area contributed by atoms with Crippen LogP contribution < -0.4 is 0 Å². The quantitative estimate of drug-likeness (QED) is 0.706. The van der Waals surface area contributed by atoms with Crippen LogP contribution in [0.5, 0.6) is 0 Å². The molecule has 4 atom stereocenters. The molecule has 1 saturated heterocycles. The fraction of sp³-hybridized carbons (Fsp3) is 1.00. The van der Waals surface area contributed by atoms with Gasteiger partial charge in [-0.2, -0.15) is 0 Å². The van der Waals surface area contributed by atoms with Crippen LogP contribution in [0, 0.1) is 5.92 Å². The lowest BCUT2D eigenvalue weighted by atomic mass is 9.99. The summed E-state index contributed by atoms with van der Waals surface area (Å²) in [6.07, 6.45) is 0. The largest absolute Gasteiger partial charge is 0.377 e. The molecule has 9 heteroatoms. The summed E-state index contributed by atoms with van der Waals surface area (Å²) in [4.78, 5) is 0. The average Bonchev–Trinajstić information content (AvgIpc) is 2.50. The van der Waals surface area contributed by atoms with Crippen molar-refractivity contribution in [2.75, 3.05) is 19.8 Å². The van der Waals surface area contributed by atoms with E-state index in [0.717, 1.165) is 0 Å². The first-order valence-corrected chi connectivity index (χ1v) is 10.2. The molecule has 0 aromatic carbocycles. The Kier molecular flexibility index (Phi) is 5.89. The number of rotatable bonds is 7. The lowest BCUT2D eigenvalue weighted by molar-refractivity contribution is 0.0369. The molecule has 0 aromatic rings. The van der Waals surface area contributed by atoms with Crippen molar-refractivity contribution in [3.8, 4) is 0 Å². The van der Waals surface area contributed by atoms with E-state index in [0.29, 0.717) is 0 Å². The molecular formula is C12H26O7P2. The van der Waals surface area contributed by atoms with Crippen LogP contribution >= 0.6 is 15.2 Å². The molecule has 0 spiro atoms. The van der Waals surface area contributed by atoms with Crippen molar-refractivity contribution in [1.29, 1.82) is 0 Å². The van der Waals surface area contributed by atoms with Crippen molar-refractivity contribution in [3.05, 3.63) is 0 Å². The maximum Gasteiger partial charge on any atom is 0.363 e. The van der Waals surface area contributed by atoms with Gasteiger partial charge in [-0.15, -0.1) is 0 Å². The van der Waals surface area contributed by atoms with Crippen molar-refractivity contribution in [1.82, 2.24) is 0 Å². The molecule has 7 nitrogen and oxygen atoms in total. The topological polar surface area (TPSA) is 91.3 Å². The van der Waals surface area contributed by atoms with Gasteiger partial charge >= 0.3 is 15.2 Å². The zero-order valence-electron chi connectivity index (χ0n) is 13.5. The molecular weight excluding hydrogens is 318 g/mol. The first kappa shape index (κ1) is 19.3. The standard InChI is InChI=1S/C12H26O7P2/c1-7-16-20(14)11(5,13)10(4)12(6,19-20)21(15,17-8-2)18-9-3/h10,13H,7-9H2,1-6H3. The van der Waals surface area contributed by atoms with Crippen LogP contribution in [0.3, 0.4) is 0 Å². The van der Waals surface area contributed by atoms with Gasteiger partial charge in [-0.05, 0) is 34.6 Å². The summed E-state index contributed by atoms with van der Waals surface area (Å²) in [5.74, 6) is -0.772. The van der Waals surface area contributed by atoms with E-state index in [-0.39, 0.29) is 19.8 Å². The second-order valence-corrected chi connectivity index (χ2v) is 9.95. The molecule has 1 fully saturated rings. The Morgan fingerprint density at radius 1 is 1.19 bits per heavy atom. The molecule has 0 aromatic heterocycles. The molecule has 0 saturated carbocycles. The molecule has 0 radical (unpaired) electrons. The van der Waals surface area contributed by atoms with Gasteiger partial charge in [0, 0.05) is 5.92 Å². The Morgan fingerprint density at radius 3 is 2.05 bits per heavy atom. The highest BCUT2D eigenvalue weighted by Crippen LogP contribution is 2.80. The van der Waals surface area contributed by atoms with Gasteiger partial charge in [-0.3, -0.25) is 13.7 Å². The molecule has 1 aliphatic heterocycles. The molecule has 21 heavy (non-hydrogen) atoms. The fourth-order valence-electron chi connectivity index (χ4n) is 2.41. The molecule has 126 valence electrons. The van der Waals surface area contributed by atoms with Crippen molar-refractivity contribution >= 4 is 15.2 Å². The number of hydrogen-bond donors (Lipinski definition) is 1. The molecule has 1 rings (SSSR count). The van der Waals surface area contributed by atoms with E-state index in [4.69, 9.17) is 18.1 Å². The van der Waals surface area contributed by atoms with E-state index < -0.39 is 31.8 Å². The van der Waals surface area contributed by atoms with Gasteiger partial charge in [0.15, 0.2) is 10.7 Å². The van der Waals surface area contributed by atoms with Gasteiger partial charge in [0.25, 0.3) is 0 Å². The molecule has 4 unspecified atom stereocenters. The minimum Gasteiger partial charge on any atom is -0.377 e. The normalized spacial score (nSPS) is 40.6. The number of aliphatic hydroxyl groups is 1. The molecule has 0 bridgehead atoms. The fourth-order valence-corrected chi connectivity index (χ4v) is 7.43. The minimum absolute atomic E-state index is 0.101. The summed E-state index contributed by atoms with van der Waals surface area (Å²) >= 11 is 0. The third-order valence-electron chi connectivity index (χ3n) is 3.92. The van der Waals surface area contributed by atoms with Gasteiger partial charge in [-0.25, -0.2) is 0 Å². The van der Waals surface area contributed by atoms with Crippen molar-refractivity contribution < 1.29 is 32.3 Å². The Bertz CT molecular complexity index is 455. The Labute approximate surface area is 126 Å². The average molecular weight is 344 g/mol. The van der Waals surface area contributed by atoms with Crippen LogP contribution in [0.15, 0.2) is 0 Å². The van der Waals surface area contributed by atoms with Crippen LogP contribution in [0.25, 0.3) is 0 Å². The predicted molar refractivity (Wildman–Crippen MR) is 79.4 cm³/mol. The maximum atomic E-state index is 13.1. The van der Waals surface area contributed by atoms with Crippen LogP contribution in [0.4, 0.5) is 0 Å². The summed E-state index contributed by atoms with van der Waals surface area (Å²) in [7, 11) is -7.62. The summed E-state index contributed by atoms with van der Waals surface area (Å²) in [6.45, 7) is 9.83. The highest BCUT2D eigenvalue weighted by Gasteiger charge is 2.72. The van der Waals surface area contributed by atoms with Crippen LogP contribution in [-0.2, 0) is 27.2 Å². The SMILES string of the molecule is CCOP1(=O)OC(C)(P(=O)(OCC)OCC)C(C)C1(C)O. The second kappa shape index (κ2) is 6.40. The van der Waals surface area contributed by atoms with E-state index >= 15 is 0 Å². The highest BCUT2D eigenvalue weighted by molar-refractivity contribution is 7.60.